The summed E-state index contributed by atoms with van der Waals surface area (Å²) in [5.41, 5.74) is 16.3. The number of nitrogens with zero attached hydrogens (tertiary/aromatic N) is 1. The Hall–Kier alpha value is -1.61. The van der Waals surface area contributed by atoms with Gasteiger partial charge in [-0.1, -0.05) is 45.6 Å². The summed E-state index contributed by atoms with van der Waals surface area (Å²) in [7, 11) is 0. The lowest BCUT2D eigenvalue weighted by atomic mass is 9.86. The van der Waals surface area contributed by atoms with Crippen LogP contribution in [-0.4, -0.2) is 43.4 Å². The summed E-state index contributed by atoms with van der Waals surface area (Å²) in [4.78, 5) is 23.6. The van der Waals surface area contributed by atoms with Crippen LogP contribution >= 0.6 is 43.5 Å². The highest BCUT2D eigenvalue weighted by molar-refractivity contribution is 9.12. The first-order chi connectivity index (χ1) is 17.7. The standard InChI is InChI=1S/C27H36Br2ClN3O.CH3NO/c1-3-20-15-23(30)16-25(29)27(20)24(13-18(2)12-22(28)17-31)21-6-10-33(11-7-21)26(34)14-19-4-8-32-9-5-19;2-1-3/h12,15-17,19,32H,3-11,13-14,31H2,1-2H3;1H,(H2,2,3)/b18-12-,22-17+;. The minimum absolute atomic E-state index is 0.250. The van der Waals surface area contributed by atoms with Crippen LogP contribution < -0.4 is 16.8 Å². The van der Waals surface area contributed by atoms with Crippen LogP contribution in [0.15, 0.2) is 44.5 Å². The molecule has 2 fully saturated rings. The third-order valence-electron chi connectivity index (χ3n) is 6.89. The van der Waals surface area contributed by atoms with Crippen molar-refractivity contribution in [2.24, 2.45) is 17.4 Å². The highest BCUT2D eigenvalue weighted by Gasteiger charge is 2.26. The van der Waals surface area contributed by atoms with Crippen molar-refractivity contribution in [3.63, 3.8) is 0 Å². The van der Waals surface area contributed by atoms with Crippen molar-refractivity contribution in [3.05, 3.63) is 60.7 Å². The zero-order chi connectivity index (χ0) is 27.4. The predicted octanol–water partition coefficient (Wildman–Crippen LogP) is 6.06. The Morgan fingerprint density at radius 1 is 1.22 bits per heavy atom. The second-order valence-electron chi connectivity index (χ2n) is 9.49. The van der Waals surface area contributed by atoms with Crippen LogP contribution in [0.4, 0.5) is 0 Å². The van der Waals surface area contributed by atoms with Gasteiger partial charge in [-0.15, -0.1) is 0 Å². The van der Waals surface area contributed by atoms with E-state index in [0.717, 1.165) is 78.7 Å². The summed E-state index contributed by atoms with van der Waals surface area (Å²) in [6.45, 7) is 7.97. The number of nitrogens with one attached hydrogen (secondary N) is 1. The Morgan fingerprint density at radius 3 is 2.41 bits per heavy atom. The molecule has 0 saturated carbocycles. The number of carbonyl (C=O) groups is 2. The van der Waals surface area contributed by atoms with E-state index in [-0.39, 0.29) is 6.41 Å². The molecule has 6 nitrogen and oxygen atoms in total. The number of likely N-dealkylation sites (tertiary alicyclic amines) is 1. The van der Waals surface area contributed by atoms with E-state index in [4.69, 9.17) is 22.1 Å². The minimum atomic E-state index is 0.250. The molecule has 37 heavy (non-hydrogen) atoms. The minimum Gasteiger partial charge on any atom is -0.404 e. The van der Waals surface area contributed by atoms with Gasteiger partial charge in [0.1, 0.15) is 0 Å². The molecule has 0 atom stereocenters. The Morgan fingerprint density at radius 2 is 1.84 bits per heavy atom. The number of amides is 2. The van der Waals surface area contributed by atoms with E-state index in [1.54, 1.807) is 6.20 Å². The van der Waals surface area contributed by atoms with Crippen molar-refractivity contribution in [1.82, 2.24) is 10.2 Å². The monoisotopic (exact) mass is 656 g/mol. The molecular formula is C28H39Br2ClN4O2. The van der Waals surface area contributed by atoms with E-state index >= 15 is 0 Å². The lowest BCUT2D eigenvalue weighted by Crippen LogP contribution is -2.39. The van der Waals surface area contributed by atoms with E-state index in [1.807, 2.05) is 6.07 Å². The van der Waals surface area contributed by atoms with Crippen molar-refractivity contribution < 1.29 is 9.59 Å². The maximum Gasteiger partial charge on any atom is 0.222 e. The molecule has 2 aliphatic rings. The molecule has 2 aliphatic heterocycles. The topological polar surface area (TPSA) is 101 Å². The number of rotatable bonds is 7. The number of hydrogen-bond acceptors (Lipinski definition) is 4. The molecule has 3 rings (SSSR count). The first-order valence-electron chi connectivity index (χ1n) is 12.8. The normalized spacial score (nSPS) is 17.2. The highest BCUT2D eigenvalue weighted by atomic mass is 79.9. The van der Waals surface area contributed by atoms with Gasteiger partial charge in [0.2, 0.25) is 12.3 Å². The van der Waals surface area contributed by atoms with Gasteiger partial charge in [0.15, 0.2) is 0 Å². The largest absolute Gasteiger partial charge is 0.404 e. The van der Waals surface area contributed by atoms with Crippen LogP contribution in [0.3, 0.4) is 0 Å². The predicted molar refractivity (Wildman–Crippen MR) is 161 cm³/mol. The van der Waals surface area contributed by atoms with Gasteiger partial charge < -0.3 is 21.7 Å². The molecule has 0 aromatic heterocycles. The number of piperidine rings is 2. The van der Waals surface area contributed by atoms with Crippen molar-refractivity contribution in [1.29, 1.82) is 0 Å². The van der Waals surface area contributed by atoms with E-state index in [9.17, 15) is 4.79 Å². The van der Waals surface area contributed by atoms with E-state index in [0.29, 0.717) is 18.2 Å². The first kappa shape index (κ1) is 31.6. The molecule has 0 unspecified atom stereocenters. The second kappa shape index (κ2) is 16.4. The Bertz CT molecular complexity index is 1020. The van der Waals surface area contributed by atoms with Crippen LogP contribution in [0.2, 0.25) is 5.02 Å². The van der Waals surface area contributed by atoms with E-state index in [1.165, 1.54) is 27.8 Å². The molecule has 0 bridgehead atoms. The van der Waals surface area contributed by atoms with Crippen LogP contribution in [0, 0.1) is 5.92 Å². The summed E-state index contributed by atoms with van der Waals surface area (Å²) < 4.78 is 1.91. The molecule has 2 heterocycles. The fourth-order valence-corrected chi connectivity index (χ4v) is 6.54. The quantitative estimate of drug-likeness (QED) is 0.245. The summed E-state index contributed by atoms with van der Waals surface area (Å²) in [5.74, 6) is 0.850. The van der Waals surface area contributed by atoms with Gasteiger partial charge in [-0.25, -0.2) is 0 Å². The average Bonchev–Trinajstić information content (AvgIpc) is 2.88. The summed E-state index contributed by atoms with van der Waals surface area (Å²) in [6, 6.07) is 4.07. The van der Waals surface area contributed by atoms with Gasteiger partial charge in [-0.05, 0) is 115 Å². The van der Waals surface area contributed by atoms with Crippen molar-refractivity contribution in [2.45, 2.75) is 58.8 Å². The highest BCUT2D eigenvalue weighted by Crippen LogP contribution is 2.39. The fraction of sp³-hybridized carbons (Fsp3) is 0.500. The van der Waals surface area contributed by atoms with Gasteiger partial charge >= 0.3 is 0 Å². The van der Waals surface area contributed by atoms with Crippen LogP contribution in [0.1, 0.15) is 63.5 Å². The smallest absolute Gasteiger partial charge is 0.222 e. The van der Waals surface area contributed by atoms with Crippen LogP contribution in [0.5, 0.6) is 0 Å². The SMILES string of the molecule is CCc1cc(Cl)cc(Br)c1C(C/C(C)=C\C(Br)=C/N)=C1CCN(C(=O)CC2CCNCC2)CC1.NC=O. The maximum atomic E-state index is 13.0. The van der Waals surface area contributed by atoms with Gasteiger partial charge in [0.05, 0.1) is 0 Å². The van der Waals surface area contributed by atoms with Crippen LogP contribution in [-0.2, 0) is 16.0 Å². The molecule has 0 aliphatic carbocycles. The Labute approximate surface area is 243 Å². The van der Waals surface area contributed by atoms with Gasteiger partial charge in [0.25, 0.3) is 0 Å². The van der Waals surface area contributed by atoms with Gasteiger partial charge in [-0.2, -0.15) is 0 Å². The molecule has 2 saturated heterocycles. The third kappa shape index (κ3) is 9.89. The number of aryl methyl sites for hydroxylation is 1. The molecule has 9 heteroatoms. The lowest BCUT2D eigenvalue weighted by Gasteiger charge is -2.32. The first-order valence-corrected chi connectivity index (χ1v) is 14.8. The Balaban J connectivity index is 0.00000153. The van der Waals surface area contributed by atoms with E-state index < -0.39 is 0 Å². The van der Waals surface area contributed by atoms with E-state index in [2.05, 4.69) is 73.8 Å². The molecule has 1 aromatic rings. The molecule has 5 N–H and O–H groups in total. The number of halogens is 3. The lowest BCUT2D eigenvalue weighted by molar-refractivity contribution is -0.132. The summed E-state index contributed by atoms with van der Waals surface area (Å²) in [6.07, 6.45) is 10.4. The zero-order valence-electron chi connectivity index (χ0n) is 21.8. The number of allylic oxidation sites excluding steroid dienone is 4. The number of carbonyl (C=O) groups excluding carboxylic acids is 2. The van der Waals surface area contributed by atoms with Crippen LogP contribution in [0.25, 0.3) is 5.57 Å². The number of primary amides is 1. The van der Waals surface area contributed by atoms with Crippen molar-refractivity contribution >= 4 is 61.4 Å². The van der Waals surface area contributed by atoms with Gasteiger partial charge in [-0.3, -0.25) is 9.59 Å². The molecule has 2 amide bonds. The summed E-state index contributed by atoms with van der Waals surface area (Å²) in [5, 5.41) is 4.14. The molecule has 204 valence electrons. The Kier molecular flexibility index (Phi) is 14.0. The second-order valence-corrected chi connectivity index (χ2v) is 11.7. The number of benzene rings is 1. The third-order valence-corrected chi connectivity index (χ3v) is 8.22. The van der Waals surface area contributed by atoms with Crippen molar-refractivity contribution in [3.8, 4) is 0 Å². The number of hydrogen-bond donors (Lipinski definition) is 3. The fourth-order valence-electron chi connectivity index (χ4n) is 5.04. The van der Waals surface area contributed by atoms with Gasteiger partial charge in [0, 0.05) is 39.7 Å². The maximum absolute atomic E-state index is 13.0. The van der Waals surface area contributed by atoms with Crippen molar-refractivity contribution in [2.75, 3.05) is 26.2 Å². The summed E-state index contributed by atoms with van der Waals surface area (Å²) >= 11 is 13.7. The zero-order valence-corrected chi connectivity index (χ0v) is 25.7. The number of nitrogens with two attached hydrogens (primary N) is 2. The molecule has 0 radical (unpaired) electrons. The molecule has 0 spiro atoms. The average molecular weight is 659 g/mol. The molecular weight excluding hydrogens is 620 g/mol. The molecule has 1 aromatic carbocycles.